The second-order valence-electron chi connectivity index (χ2n) is 18.0. The Labute approximate surface area is 383 Å². The zero-order chi connectivity index (χ0) is 47.6. The summed E-state index contributed by atoms with van der Waals surface area (Å²) in [6.07, 6.45) is 23.9. The molecule has 0 spiro atoms. The lowest BCUT2D eigenvalue weighted by Gasteiger charge is -2.20. The predicted molar refractivity (Wildman–Crippen MR) is 245 cm³/mol. The molecule has 0 aromatic rings. The minimum absolute atomic E-state index is 0.0137. The molecule has 376 valence electrons. The van der Waals surface area contributed by atoms with E-state index in [2.05, 4.69) is 29.8 Å². The standard InChI is InChI=1S/C46H86O16P2/c1-4-5-20-26-38(47)30-31-42-41(43(49)32-44(42)50)27-22-18-19-23-28-45(51)58-35-40(36-61-64(56,57)60-34-39(48)33-59-63(53,54)55)62-46(52)29-24-17-15-13-11-9-7-6-8-10-12-14-16-21-25-37(2)3/h30-31,37-42,44,47-48,50H,4-29,32-36H2,1-3H3,(H,56,57)(H2,53,54,55)/b31-30+/t38-,39-,40+,41+,42+,44+/m0/s1. The average Bonchev–Trinajstić information content (AvgIpc) is 3.50. The fourth-order valence-corrected chi connectivity index (χ4v) is 8.88. The van der Waals surface area contributed by atoms with Crippen molar-refractivity contribution >= 4 is 33.4 Å². The Hall–Kier alpha value is -1.55. The van der Waals surface area contributed by atoms with Crippen LogP contribution in [0.15, 0.2) is 12.2 Å². The Balaban J connectivity index is 2.48. The van der Waals surface area contributed by atoms with Crippen LogP contribution in [0.1, 0.15) is 194 Å². The third-order valence-electron chi connectivity index (χ3n) is 11.5. The first-order valence-corrected chi connectivity index (χ1v) is 27.4. The largest absolute Gasteiger partial charge is 0.472 e. The summed E-state index contributed by atoms with van der Waals surface area (Å²) >= 11 is 0. The van der Waals surface area contributed by atoms with Crippen LogP contribution in [0.3, 0.4) is 0 Å². The third kappa shape index (κ3) is 33.8. The first kappa shape index (κ1) is 60.5. The van der Waals surface area contributed by atoms with E-state index in [0.717, 1.165) is 57.3 Å². The van der Waals surface area contributed by atoms with Gasteiger partial charge in [-0.1, -0.05) is 161 Å². The van der Waals surface area contributed by atoms with Gasteiger partial charge < -0.3 is 39.5 Å². The Morgan fingerprint density at radius 1 is 0.672 bits per heavy atom. The highest BCUT2D eigenvalue weighted by Gasteiger charge is 2.39. The smallest absolute Gasteiger partial charge is 0.462 e. The molecule has 0 aromatic carbocycles. The first-order valence-electron chi connectivity index (χ1n) is 24.3. The number of ether oxygens (including phenoxy) is 2. The number of carbonyl (C=O) groups is 3. The third-order valence-corrected chi connectivity index (χ3v) is 12.9. The highest BCUT2D eigenvalue weighted by molar-refractivity contribution is 7.47. The average molecular weight is 957 g/mol. The molecule has 0 bridgehead atoms. The number of aliphatic hydroxyl groups is 3. The van der Waals surface area contributed by atoms with Crippen LogP contribution in [0.4, 0.5) is 0 Å². The van der Waals surface area contributed by atoms with Crippen LogP contribution < -0.4 is 0 Å². The zero-order valence-electron chi connectivity index (χ0n) is 39.3. The van der Waals surface area contributed by atoms with Gasteiger partial charge in [-0.05, 0) is 31.6 Å². The molecule has 1 rings (SSSR count). The lowest BCUT2D eigenvalue weighted by molar-refractivity contribution is -0.161. The molecular formula is C46H86O16P2. The SMILES string of the molecule is CCCCC[C@H](O)/C=C/[C@H]1[C@H](O)CC(=O)[C@@H]1CCCCCCC(=O)OC[C@H](COP(=O)(O)OC[C@@H](O)COP(=O)(O)O)OC(=O)CCCCCCCCCCCCCCCCC(C)C. The molecule has 1 aliphatic rings. The summed E-state index contributed by atoms with van der Waals surface area (Å²) in [5, 5.41) is 30.5. The van der Waals surface area contributed by atoms with E-state index in [1.807, 2.05) is 0 Å². The van der Waals surface area contributed by atoms with Gasteiger partial charge in [-0.25, -0.2) is 9.13 Å². The Morgan fingerprint density at radius 2 is 1.17 bits per heavy atom. The van der Waals surface area contributed by atoms with Crippen LogP contribution >= 0.6 is 15.6 Å². The summed E-state index contributed by atoms with van der Waals surface area (Å²) in [5.74, 6) is -1.02. The summed E-state index contributed by atoms with van der Waals surface area (Å²) in [5.41, 5.74) is 0. The van der Waals surface area contributed by atoms with Gasteiger partial charge in [0.25, 0.3) is 0 Å². The van der Waals surface area contributed by atoms with Crippen LogP contribution in [0.2, 0.25) is 0 Å². The molecule has 1 saturated carbocycles. The van der Waals surface area contributed by atoms with Crippen molar-refractivity contribution < 1.29 is 76.6 Å². The van der Waals surface area contributed by atoms with Gasteiger partial charge in [0.1, 0.15) is 18.5 Å². The van der Waals surface area contributed by atoms with E-state index in [1.165, 1.54) is 64.2 Å². The van der Waals surface area contributed by atoms with Crippen molar-refractivity contribution in [2.75, 3.05) is 26.4 Å². The molecule has 1 aliphatic carbocycles. The van der Waals surface area contributed by atoms with E-state index in [1.54, 1.807) is 12.2 Å². The van der Waals surface area contributed by atoms with Crippen molar-refractivity contribution in [3.63, 3.8) is 0 Å². The lowest BCUT2D eigenvalue weighted by atomic mass is 9.88. The summed E-state index contributed by atoms with van der Waals surface area (Å²) < 4.78 is 47.9. The van der Waals surface area contributed by atoms with Gasteiger partial charge in [0.15, 0.2) is 6.10 Å². The summed E-state index contributed by atoms with van der Waals surface area (Å²) in [6.45, 7) is 3.74. The Bertz CT molecular complexity index is 1360. The van der Waals surface area contributed by atoms with E-state index >= 15 is 0 Å². The molecule has 0 saturated heterocycles. The number of unbranched alkanes of at least 4 members (excludes halogenated alkanes) is 18. The van der Waals surface area contributed by atoms with E-state index in [9.17, 15) is 43.7 Å². The monoisotopic (exact) mass is 957 g/mol. The molecule has 1 fully saturated rings. The summed E-state index contributed by atoms with van der Waals surface area (Å²) in [4.78, 5) is 65.7. The van der Waals surface area contributed by atoms with Crippen molar-refractivity contribution in [2.45, 2.75) is 219 Å². The highest BCUT2D eigenvalue weighted by atomic mass is 31.2. The molecule has 0 aromatic heterocycles. The predicted octanol–water partition coefficient (Wildman–Crippen LogP) is 9.35. The number of hydrogen-bond acceptors (Lipinski definition) is 13. The molecule has 7 atom stereocenters. The topological polar surface area (TPSA) is 253 Å². The molecule has 18 heteroatoms. The number of phosphoric acid groups is 2. The molecule has 0 amide bonds. The quantitative estimate of drug-likeness (QED) is 0.0144. The van der Waals surface area contributed by atoms with Gasteiger partial charge in [0.05, 0.1) is 32.0 Å². The highest BCUT2D eigenvalue weighted by Crippen LogP contribution is 2.44. The van der Waals surface area contributed by atoms with Crippen molar-refractivity contribution in [3.8, 4) is 0 Å². The first-order chi connectivity index (χ1) is 30.4. The van der Waals surface area contributed by atoms with E-state index in [0.29, 0.717) is 38.5 Å². The van der Waals surface area contributed by atoms with Gasteiger partial charge in [-0.3, -0.25) is 28.0 Å². The van der Waals surface area contributed by atoms with Crippen molar-refractivity contribution in [1.29, 1.82) is 0 Å². The van der Waals surface area contributed by atoms with Crippen molar-refractivity contribution in [2.24, 2.45) is 17.8 Å². The van der Waals surface area contributed by atoms with E-state index in [4.69, 9.17) is 23.8 Å². The summed E-state index contributed by atoms with van der Waals surface area (Å²) in [7, 11) is -9.76. The number of phosphoric ester groups is 2. The summed E-state index contributed by atoms with van der Waals surface area (Å²) in [6, 6.07) is 0. The molecule has 0 aliphatic heterocycles. The van der Waals surface area contributed by atoms with Gasteiger partial charge >= 0.3 is 27.6 Å². The van der Waals surface area contributed by atoms with Gasteiger partial charge in [0.2, 0.25) is 0 Å². The number of ketones is 1. The normalized spacial score (nSPS) is 19.3. The van der Waals surface area contributed by atoms with Gasteiger partial charge in [-0.15, -0.1) is 0 Å². The number of rotatable bonds is 42. The molecular weight excluding hydrogens is 870 g/mol. The van der Waals surface area contributed by atoms with Crippen LogP contribution in [-0.2, 0) is 46.6 Å². The molecule has 64 heavy (non-hydrogen) atoms. The van der Waals surface area contributed by atoms with Crippen molar-refractivity contribution in [3.05, 3.63) is 12.2 Å². The van der Waals surface area contributed by atoms with Crippen LogP contribution in [0.25, 0.3) is 0 Å². The number of carbonyl (C=O) groups excluding carboxylic acids is 3. The van der Waals surface area contributed by atoms with Crippen LogP contribution in [-0.4, -0.2) is 98.6 Å². The maximum Gasteiger partial charge on any atom is 0.472 e. The van der Waals surface area contributed by atoms with E-state index in [-0.39, 0.29) is 36.9 Å². The number of aliphatic hydroxyl groups excluding tert-OH is 3. The maximum absolute atomic E-state index is 12.8. The van der Waals surface area contributed by atoms with E-state index < -0.39 is 78.4 Å². The van der Waals surface area contributed by atoms with Gasteiger partial charge in [-0.2, -0.15) is 0 Å². The molecule has 16 nitrogen and oxygen atoms in total. The fraction of sp³-hybridized carbons (Fsp3) is 0.891. The Morgan fingerprint density at radius 3 is 1.73 bits per heavy atom. The maximum atomic E-state index is 12.8. The van der Waals surface area contributed by atoms with Crippen molar-refractivity contribution in [1.82, 2.24) is 0 Å². The zero-order valence-corrected chi connectivity index (χ0v) is 41.1. The molecule has 6 N–H and O–H groups in total. The number of Topliss-reactive ketones (excluding diaryl/α,β-unsaturated/α-hetero) is 1. The minimum atomic E-state index is -4.89. The van der Waals surface area contributed by atoms with Crippen LogP contribution in [0.5, 0.6) is 0 Å². The number of esters is 2. The Kier molecular flexibility index (Phi) is 34.5. The number of hydrogen-bond donors (Lipinski definition) is 6. The lowest BCUT2D eigenvalue weighted by Crippen LogP contribution is -2.30. The minimum Gasteiger partial charge on any atom is -0.462 e. The second kappa shape index (κ2) is 36.5. The molecule has 1 unspecified atom stereocenters. The molecule has 0 heterocycles. The van der Waals surface area contributed by atoms with Gasteiger partial charge in [0, 0.05) is 31.1 Å². The second-order valence-corrected chi connectivity index (χ2v) is 20.7. The van der Waals surface area contributed by atoms with Crippen LogP contribution in [0, 0.1) is 17.8 Å². The fourth-order valence-electron chi connectivity index (χ4n) is 7.72. The molecule has 0 radical (unpaired) electrons.